The van der Waals surface area contributed by atoms with Crippen LogP contribution in [0.3, 0.4) is 0 Å². The molecule has 134 valence electrons. The van der Waals surface area contributed by atoms with E-state index in [9.17, 15) is 8.42 Å². The summed E-state index contributed by atoms with van der Waals surface area (Å²) < 4.78 is 23.4. The van der Waals surface area contributed by atoms with Crippen LogP contribution in [0.4, 0.5) is 5.82 Å². The van der Waals surface area contributed by atoms with Gasteiger partial charge in [-0.15, -0.1) is 0 Å². The second kappa shape index (κ2) is 6.32. The first-order chi connectivity index (χ1) is 12.4. The van der Waals surface area contributed by atoms with E-state index in [0.29, 0.717) is 12.4 Å². The van der Waals surface area contributed by atoms with E-state index in [1.54, 1.807) is 12.4 Å². The van der Waals surface area contributed by atoms with Gasteiger partial charge < -0.3 is 5.32 Å². The minimum absolute atomic E-state index is 0.173. The molecule has 7 heteroatoms. The van der Waals surface area contributed by atoms with Gasteiger partial charge in [0.15, 0.2) is 5.82 Å². The van der Waals surface area contributed by atoms with Crippen LogP contribution in [0.25, 0.3) is 22.3 Å². The van der Waals surface area contributed by atoms with E-state index in [-0.39, 0.29) is 11.2 Å². The van der Waals surface area contributed by atoms with Crippen LogP contribution in [-0.2, 0) is 9.84 Å². The molecule has 0 saturated heterocycles. The Bertz CT molecular complexity index is 1050. The molecule has 2 aromatic heterocycles. The maximum atomic E-state index is 11.7. The molecule has 26 heavy (non-hydrogen) atoms. The molecule has 1 N–H and O–H groups in total. The number of sulfone groups is 1. The molecule has 1 fully saturated rings. The first-order valence-electron chi connectivity index (χ1n) is 8.53. The Morgan fingerprint density at radius 1 is 1.12 bits per heavy atom. The molecule has 2 heterocycles. The first-order valence-corrected chi connectivity index (χ1v) is 10.6. The maximum Gasteiger partial charge on any atom is 0.163 e. The normalized spacial score (nSPS) is 15.7. The summed E-state index contributed by atoms with van der Waals surface area (Å²) in [5.74, 6) is 1.55. The van der Waals surface area contributed by atoms with E-state index < -0.39 is 9.84 Å². The lowest BCUT2D eigenvalue weighted by atomic mass is 10.1. The Morgan fingerprint density at radius 2 is 1.92 bits per heavy atom. The van der Waals surface area contributed by atoms with Crippen molar-refractivity contribution in [1.82, 2.24) is 15.0 Å². The SMILES string of the molecule is CS(=O)(=O)CC1(CNc2nc(-c3cccnc3)nc3ccccc23)CC1. The van der Waals surface area contributed by atoms with E-state index in [4.69, 9.17) is 0 Å². The predicted octanol–water partition coefficient (Wildman–Crippen LogP) is 2.93. The average molecular weight is 368 g/mol. The zero-order valence-corrected chi connectivity index (χ0v) is 15.3. The summed E-state index contributed by atoms with van der Waals surface area (Å²) in [6, 6.07) is 11.6. The average Bonchev–Trinajstić information content (AvgIpc) is 3.38. The van der Waals surface area contributed by atoms with Crippen LogP contribution < -0.4 is 5.32 Å². The Morgan fingerprint density at radius 3 is 2.62 bits per heavy atom. The monoisotopic (exact) mass is 368 g/mol. The molecule has 0 amide bonds. The van der Waals surface area contributed by atoms with Gasteiger partial charge in [-0.2, -0.15) is 0 Å². The molecule has 0 radical (unpaired) electrons. The van der Waals surface area contributed by atoms with E-state index >= 15 is 0 Å². The molecule has 1 aliphatic rings. The van der Waals surface area contributed by atoms with Crippen molar-refractivity contribution in [2.45, 2.75) is 12.8 Å². The van der Waals surface area contributed by atoms with Gasteiger partial charge in [-0.1, -0.05) is 12.1 Å². The van der Waals surface area contributed by atoms with Crippen LogP contribution in [0.15, 0.2) is 48.8 Å². The fourth-order valence-electron chi connectivity index (χ4n) is 3.21. The van der Waals surface area contributed by atoms with Crippen molar-refractivity contribution >= 4 is 26.6 Å². The minimum Gasteiger partial charge on any atom is -0.369 e. The third kappa shape index (κ3) is 3.67. The Balaban J connectivity index is 1.68. The predicted molar refractivity (Wildman–Crippen MR) is 103 cm³/mol. The largest absolute Gasteiger partial charge is 0.369 e. The number of benzene rings is 1. The third-order valence-corrected chi connectivity index (χ3v) is 5.82. The molecular weight excluding hydrogens is 348 g/mol. The fourth-order valence-corrected chi connectivity index (χ4v) is 4.71. The summed E-state index contributed by atoms with van der Waals surface area (Å²) in [7, 11) is -3.00. The number of fused-ring (bicyclic) bond motifs is 1. The van der Waals surface area contributed by atoms with Crippen molar-refractivity contribution in [3.8, 4) is 11.4 Å². The van der Waals surface area contributed by atoms with Gasteiger partial charge >= 0.3 is 0 Å². The standard InChI is InChI=1S/C19H20N4O2S/c1-26(24,25)13-19(8-9-19)12-21-18-15-6-2-3-7-16(15)22-17(23-18)14-5-4-10-20-11-14/h2-7,10-11H,8-9,12-13H2,1H3,(H,21,22,23). The topological polar surface area (TPSA) is 84.8 Å². The van der Waals surface area contributed by atoms with Crippen LogP contribution in [0, 0.1) is 5.41 Å². The lowest BCUT2D eigenvalue weighted by molar-refractivity contribution is 0.560. The highest BCUT2D eigenvalue weighted by molar-refractivity contribution is 7.90. The summed E-state index contributed by atoms with van der Waals surface area (Å²) in [6.45, 7) is 0.591. The molecule has 0 unspecified atom stereocenters. The summed E-state index contributed by atoms with van der Waals surface area (Å²) in [5, 5.41) is 4.31. The van der Waals surface area contributed by atoms with Gasteiger partial charge in [0.05, 0.1) is 11.3 Å². The zero-order chi connectivity index (χ0) is 18.2. The van der Waals surface area contributed by atoms with Crippen molar-refractivity contribution in [1.29, 1.82) is 0 Å². The van der Waals surface area contributed by atoms with Gasteiger partial charge in [0, 0.05) is 41.6 Å². The van der Waals surface area contributed by atoms with Crippen molar-refractivity contribution < 1.29 is 8.42 Å². The van der Waals surface area contributed by atoms with Crippen molar-refractivity contribution in [3.63, 3.8) is 0 Å². The summed E-state index contributed by atoms with van der Waals surface area (Å²) in [5.41, 5.74) is 1.52. The first kappa shape index (κ1) is 16.9. The number of anilines is 1. The Hall–Kier alpha value is -2.54. The summed E-state index contributed by atoms with van der Waals surface area (Å²) in [6.07, 6.45) is 6.59. The number of pyridine rings is 1. The van der Waals surface area contributed by atoms with Gasteiger partial charge in [0.1, 0.15) is 15.7 Å². The third-order valence-electron chi connectivity index (χ3n) is 4.68. The molecule has 0 atom stereocenters. The second-order valence-corrected chi connectivity index (χ2v) is 9.22. The van der Waals surface area contributed by atoms with E-state index in [1.165, 1.54) is 6.26 Å². The van der Waals surface area contributed by atoms with Crippen molar-refractivity contribution in [2.75, 3.05) is 23.9 Å². The van der Waals surface area contributed by atoms with Gasteiger partial charge in [-0.05, 0) is 37.1 Å². The number of rotatable bonds is 6. The van der Waals surface area contributed by atoms with Crippen LogP contribution in [0.5, 0.6) is 0 Å². The molecule has 1 saturated carbocycles. The van der Waals surface area contributed by atoms with Gasteiger partial charge in [0.2, 0.25) is 0 Å². The molecule has 3 aromatic rings. The maximum absolute atomic E-state index is 11.7. The second-order valence-electron chi connectivity index (χ2n) is 7.08. The molecular formula is C19H20N4O2S. The quantitative estimate of drug-likeness (QED) is 0.720. The number of aromatic nitrogens is 3. The Kier molecular flexibility index (Phi) is 4.11. The van der Waals surface area contributed by atoms with E-state index in [0.717, 1.165) is 35.1 Å². The van der Waals surface area contributed by atoms with Crippen LogP contribution >= 0.6 is 0 Å². The van der Waals surface area contributed by atoms with E-state index in [1.807, 2.05) is 36.4 Å². The smallest absolute Gasteiger partial charge is 0.163 e. The van der Waals surface area contributed by atoms with Gasteiger partial charge in [-0.25, -0.2) is 18.4 Å². The fraction of sp³-hybridized carbons (Fsp3) is 0.316. The summed E-state index contributed by atoms with van der Waals surface area (Å²) >= 11 is 0. The van der Waals surface area contributed by atoms with Gasteiger partial charge in [-0.3, -0.25) is 4.98 Å². The van der Waals surface area contributed by atoms with Crippen molar-refractivity contribution in [2.24, 2.45) is 5.41 Å². The number of hydrogen-bond acceptors (Lipinski definition) is 6. The number of para-hydroxylation sites is 1. The van der Waals surface area contributed by atoms with Crippen LogP contribution in [0.1, 0.15) is 12.8 Å². The lowest BCUT2D eigenvalue weighted by Crippen LogP contribution is -2.24. The van der Waals surface area contributed by atoms with Crippen LogP contribution in [0.2, 0.25) is 0 Å². The highest BCUT2D eigenvalue weighted by Gasteiger charge is 2.45. The highest BCUT2D eigenvalue weighted by Crippen LogP contribution is 2.46. The van der Waals surface area contributed by atoms with Crippen LogP contribution in [-0.4, -0.2) is 41.9 Å². The molecule has 1 aromatic carbocycles. The molecule has 1 aliphatic carbocycles. The van der Waals surface area contributed by atoms with Crippen molar-refractivity contribution in [3.05, 3.63) is 48.8 Å². The molecule has 0 aliphatic heterocycles. The summed E-state index contributed by atoms with van der Waals surface area (Å²) in [4.78, 5) is 13.5. The number of nitrogens with one attached hydrogen (secondary N) is 1. The Labute approximate surface area is 152 Å². The molecule has 6 nitrogen and oxygen atoms in total. The molecule has 0 spiro atoms. The molecule has 4 rings (SSSR count). The number of hydrogen-bond donors (Lipinski definition) is 1. The number of nitrogens with zero attached hydrogens (tertiary/aromatic N) is 3. The minimum atomic E-state index is -3.00. The van der Waals surface area contributed by atoms with Gasteiger partial charge in [0.25, 0.3) is 0 Å². The highest BCUT2D eigenvalue weighted by atomic mass is 32.2. The van der Waals surface area contributed by atoms with E-state index in [2.05, 4.69) is 20.3 Å². The lowest BCUT2D eigenvalue weighted by Gasteiger charge is -2.17. The molecule has 0 bridgehead atoms. The zero-order valence-electron chi connectivity index (χ0n) is 14.5.